The minimum atomic E-state index is -0.395. The van der Waals surface area contributed by atoms with Gasteiger partial charge in [0.05, 0.1) is 25.4 Å². The van der Waals surface area contributed by atoms with Gasteiger partial charge in [-0.2, -0.15) is 5.10 Å². The fourth-order valence-electron chi connectivity index (χ4n) is 1.78. The van der Waals surface area contributed by atoms with Gasteiger partial charge in [0.2, 0.25) is 0 Å². The zero-order valence-corrected chi connectivity index (χ0v) is 12.7. The molecule has 1 amide bonds. The second-order valence-electron chi connectivity index (χ2n) is 4.63. The molecule has 0 saturated heterocycles. The molecule has 0 fully saturated rings. The number of nitrogens with one attached hydrogen (secondary N) is 2. The Morgan fingerprint density at radius 1 is 1.09 bits per heavy atom. The highest BCUT2D eigenvalue weighted by atomic mass is 16.5. The Balaban J connectivity index is 1.79. The van der Waals surface area contributed by atoms with Crippen molar-refractivity contribution in [3.8, 4) is 0 Å². The van der Waals surface area contributed by atoms with Crippen molar-refractivity contribution in [2.45, 2.75) is 0 Å². The van der Waals surface area contributed by atoms with Crippen molar-refractivity contribution in [3.63, 3.8) is 0 Å². The fourth-order valence-corrected chi connectivity index (χ4v) is 1.78. The van der Waals surface area contributed by atoms with E-state index in [1.165, 1.54) is 13.3 Å². The monoisotopic (exact) mass is 311 g/mol. The molecule has 0 saturated carbocycles. The summed E-state index contributed by atoms with van der Waals surface area (Å²) >= 11 is 0. The minimum Gasteiger partial charge on any atom is -0.465 e. The highest BCUT2D eigenvalue weighted by Gasteiger charge is 2.03. The second-order valence-corrected chi connectivity index (χ2v) is 4.63. The molecule has 2 N–H and O–H groups in total. The molecule has 0 spiro atoms. The summed E-state index contributed by atoms with van der Waals surface area (Å²) in [7, 11) is 1.33. The molecule has 6 heteroatoms. The molecule has 0 aromatic heterocycles. The molecule has 0 aliphatic carbocycles. The predicted molar refractivity (Wildman–Crippen MR) is 88.4 cm³/mol. The Labute approximate surface area is 134 Å². The quantitative estimate of drug-likeness (QED) is 0.486. The Bertz CT molecular complexity index is 682. The van der Waals surface area contributed by atoms with E-state index < -0.39 is 5.97 Å². The number of hydrazone groups is 1. The van der Waals surface area contributed by atoms with Crippen molar-refractivity contribution in [2.75, 3.05) is 19.0 Å². The molecular weight excluding hydrogens is 294 g/mol. The van der Waals surface area contributed by atoms with Crippen LogP contribution in [-0.2, 0) is 9.53 Å². The average Bonchev–Trinajstić information content (AvgIpc) is 2.61. The van der Waals surface area contributed by atoms with Gasteiger partial charge in [0, 0.05) is 5.69 Å². The number of benzene rings is 2. The Hall–Kier alpha value is -3.15. The summed E-state index contributed by atoms with van der Waals surface area (Å²) in [6.45, 7) is 0.128. The van der Waals surface area contributed by atoms with Crippen molar-refractivity contribution in [3.05, 3.63) is 65.7 Å². The number of esters is 1. The summed E-state index contributed by atoms with van der Waals surface area (Å²) in [5, 5.41) is 6.85. The molecule has 118 valence electrons. The number of carbonyl (C=O) groups excluding carboxylic acids is 2. The zero-order valence-electron chi connectivity index (χ0n) is 12.7. The molecular formula is C17H17N3O3. The van der Waals surface area contributed by atoms with Gasteiger partial charge in [-0.15, -0.1) is 0 Å². The first-order chi connectivity index (χ1) is 11.2. The zero-order chi connectivity index (χ0) is 16.5. The van der Waals surface area contributed by atoms with Crippen LogP contribution in [0.2, 0.25) is 0 Å². The smallest absolute Gasteiger partial charge is 0.337 e. The Morgan fingerprint density at radius 3 is 2.43 bits per heavy atom. The molecule has 0 aliphatic rings. The van der Waals surface area contributed by atoms with Crippen LogP contribution in [0.4, 0.5) is 5.69 Å². The highest BCUT2D eigenvalue weighted by Crippen LogP contribution is 2.04. The number of hydrogen-bond acceptors (Lipinski definition) is 5. The molecule has 0 atom stereocenters. The molecule has 23 heavy (non-hydrogen) atoms. The van der Waals surface area contributed by atoms with Crippen molar-refractivity contribution < 1.29 is 14.3 Å². The van der Waals surface area contributed by atoms with Gasteiger partial charge >= 0.3 is 5.97 Å². The lowest BCUT2D eigenvalue weighted by Gasteiger charge is -2.04. The SMILES string of the molecule is COC(=O)c1ccc(/C=N\NC(=O)CNc2ccccc2)cc1. The third-order valence-corrected chi connectivity index (χ3v) is 2.96. The van der Waals surface area contributed by atoms with Gasteiger partial charge in [0.1, 0.15) is 0 Å². The molecule has 0 radical (unpaired) electrons. The number of para-hydroxylation sites is 1. The Kier molecular flexibility index (Phi) is 5.88. The van der Waals surface area contributed by atoms with Gasteiger partial charge in [0.15, 0.2) is 0 Å². The lowest BCUT2D eigenvalue weighted by molar-refractivity contribution is -0.119. The summed E-state index contributed by atoms with van der Waals surface area (Å²) in [6.07, 6.45) is 1.50. The predicted octanol–water partition coefficient (Wildman–Crippen LogP) is 2.04. The van der Waals surface area contributed by atoms with Gasteiger partial charge in [-0.05, 0) is 29.8 Å². The maximum absolute atomic E-state index is 11.6. The largest absolute Gasteiger partial charge is 0.465 e. The van der Waals surface area contributed by atoms with E-state index in [1.807, 2.05) is 30.3 Å². The van der Waals surface area contributed by atoms with Crippen LogP contribution in [0.25, 0.3) is 0 Å². The third kappa shape index (κ3) is 5.28. The first-order valence-corrected chi connectivity index (χ1v) is 6.98. The summed E-state index contributed by atoms with van der Waals surface area (Å²) in [5.41, 5.74) is 4.51. The van der Waals surface area contributed by atoms with Crippen LogP contribution < -0.4 is 10.7 Å². The molecule has 2 aromatic rings. The normalized spacial score (nSPS) is 10.3. The number of amides is 1. The van der Waals surface area contributed by atoms with E-state index in [2.05, 4.69) is 20.6 Å². The van der Waals surface area contributed by atoms with Crippen LogP contribution in [0.15, 0.2) is 59.7 Å². The molecule has 0 unspecified atom stereocenters. The number of methoxy groups -OCH3 is 1. The first-order valence-electron chi connectivity index (χ1n) is 6.98. The molecule has 0 heterocycles. The van der Waals surface area contributed by atoms with Gasteiger partial charge < -0.3 is 10.1 Å². The fraction of sp³-hybridized carbons (Fsp3) is 0.118. The summed E-state index contributed by atoms with van der Waals surface area (Å²) in [4.78, 5) is 22.9. The average molecular weight is 311 g/mol. The second kappa shape index (κ2) is 8.33. The molecule has 6 nitrogen and oxygen atoms in total. The van der Waals surface area contributed by atoms with E-state index in [1.54, 1.807) is 24.3 Å². The number of hydrogen-bond donors (Lipinski definition) is 2. The van der Waals surface area contributed by atoms with E-state index in [-0.39, 0.29) is 12.5 Å². The number of nitrogens with zero attached hydrogens (tertiary/aromatic N) is 1. The van der Waals surface area contributed by atoms with Crippen LogP contribution in [-0.4, -0.2) is 31.7 Å². The van der Waals surface area contributed by atoms with E-state index in [0.29, 0.717) is 5.56 Å². The van der Waals surface area contributed by atoms with Crippen LogP contribution in [0.1, 0.15) is 15.9 Å². The van der Waals surface area contributed by atoms with E-state index in [0.717, 1.165) is 11.3 Å². The maximum Gasteiger partial charge on any atom is 0.337 e. The van der Waals surface area contributed by atoms with Crippen molar-refractivity contribution in [1.82, 2.24) is 5.43 Å². The van der Waals surface area contributed by atoms with Crippen molar-refractivity contribution >= 4 is 23.8 Å². The number of anilines is 1. The van der Waals surface area contributed by atoms with Crippen LogP contribution in [0.5, 0.6) is 0 Å². The molecule has 0 bridgehead atoms. The summed E-state index contributed by atoms with van der Waals surface area (Å²) < 4.78 is 4.62. The molecule has 2 aromatic carbocycles. The maximum atomic E-state index is 11.6. The Morgan fingerprint density at radius 2 is 1.78 bits per heavy atom. The number of rotatable bonds is 6. The minimum absolute atomic E-state index is 0.128. The molecule has 0 aliphatic heterocycles. The van der Waals surface area contributed by atoms with Crippen LogP contribution >= 0.6 is 0 Å². The van der Waals surface area contributed by atoms with Crippen LogP contribution in [0, 0.1) is 0 Å². The first kappa shape index (κ1) is 16.2. The van der Waals surface area contributed by atoms with E-state index >= 15 is 0 Å². The van der Waals surface area contributed by atoms with E-state index in [9.17, 15) is 9.59 Å². The van der Waals surface area contributed by atoms with E-state index in [4.69, 9.17) is 0 Å². The highest BCUT2D eigenvalue weighted by molar-refractivity contribution is 5.91. The summed E-state index contributed by atoms with van der Waals surface area (Å²) in [5.74, 6) is -0.648. The van der Waals surface area contributed by atoms with Gasteiger partial charge in [-0.3, -0.25) is 4.79 Å². The lowest BCUT2D eigenvalue weighted by atomic mass is 10.1. The summed E-state index contributed by atoms with van der Waals surface area (Å²) in [6, 6.07) is 16.1. The van der Waals surface area contributed by atoms with Gasteiger partial charge in [0.25, 0.3) is 5.91 Å². The van der Waals surface area contributed by atoms with Gasteiger partial charge in [-0.1, -0.05) is 30.3 Å². The number of carbonyl (C=O) groups is 2. The third-order valence-electron chi connectivity index (χ3n) is 2.96. The molecule has 2 rings (SSSR count). The lowest BCUT2D eigenvalue weighted by Crippen LogP contribution is -2.25. The van der Waals surface area contributed by atoms with Gasteiger partial charge in [-0.25, -0.2) is 10.2 Å². The number of ether oxygens (including phenoxy) is 1. The van der Waals surface area contributed by atoms with Crippen molar-refractivity contribution in [2.24, 2.45) is 5.10 Å². The standard InChI is InChI=1S/C17H17N3O3/c1-23-17(22)14-9-7-13(8-10-14)11-19-20-16(21)12-18-15-5-3-2-4-6-15/h2-11,18H,12H2,1H3,(H,20,21)/b19-11-. The topological polar surface area (TPSA) is 79.8 Å². The van der Waals surface area contributed by atoms with Crippen molar-refractivity contribution in [1.29, 1.82) is 0 Å². The van der Waals surface area contributed by atoms with Crippen LogP contribution in [0.3, 0.4) is 0 Å².